The fraction of sp³-hybridized carbons (Fsp3) is 0.0909. The predicted molar refractivity (Wildman–Crippen MR) is 68.6 cm³/mol. The molecule has 0 aromatic heterocycles. The molecule has 0 saturated carbocycles. The molecule has 0 aliphatic heterocycles. The highest BCUT2D eigenvalue weighted by Crippen LogP contribution is 2.29. The molecule has 0 heterocycles. The molecule has 1 aromatic carbocycles. The Balaban J connectivity index is 3.03. The van der Waals surface area contributed by atoms with Crippen molar-refractivity contribution < 1.29 is 19.4 Å². The van der Waals surface area contributed by atoms with Gasteiger partial charge in [0.15, 0.2) is 0 Å². The minimum Gasteiger partial charge on any atom is -0.478 e. The molecule has 7 heteroatoms. The third kappa shape index (κ3) is 3.65. The molecule has 0 unspecified atom stereocenters. The summed E-state index contributed by atoms with van der Waals surface area (Å²) in [5.41, 5.74) is -0.286. The summed E-state index contributed by atoms with van der Waals surface area (Å²) < 4.78 is 4.66. The van der Waals surface area contributed by atoms with Crippen LogP contribution in [0.1, 0.15) is 10.4 Å². The fourth-order valence-corrected chi connectivity index (χ4v) is 1.74. The van der Waals surface area contributed by atoms with E-state index >= 15 is 0 Å². The van der Waals surface area contributed by atoms with Gasteiger partial charge in [0.25, 0.3) is 0 Å². The van der Waals surface area contributed by atoms with Crippen LogP contribution in [0.25, 0.3) is 0 Å². The standard InChI is InChI=1S/C11H9Cl2NO4/c1-2-3-18-11(17)14-8-5-6(12)4-7(13)9(8)10(15)16/h2,4-5H,1,3H2,(H,14,17)(H,15,16). The second-order valence-electron chi connectivity index (χ2n) is 3.13. The molecule has 5 nitrogen and oxygen atoms in total. The van der Waals surface area contributed by atoms with E-state index in [4.69, 9.17) is 28.3 Å². The summed E-state index contributed by atoms with van der Waals surface area (Å²) in [5.74, 6) is -1.28. The first-order valence-corrected chi connectivity index (χ1v) is 5.48. The highest BCUT2D eigenvalue weighted by atomic mass is 35.5. The van der Waals surface area contributed by atoms with Gasteiger partial charge in [-0.15, -0.1) is 0 Å². The molecule has 0 fully saturated rings. The van der Waals surface area contributed by atoms with E-state index in [2.05, 4.69) is 16.6 Å². The van der Waals surface area contributed by atoms with Crippen LogP contribution in [0.15, 0.2) is 24.8 Å². The van der Waals surface area contributed by atoms with E-state index in [0.29, 0.717) is 0 Å². The van der Waals surface area contributed by atoms with Crippen LogP contribution in [0.4, 0.5) is 10.5 Å². The Kier molecular flexibility index (Phi) is 5.00. The first-order valence-electron chi connectivity index (χ1n) is 4.72. The maximum absolute atomic E-state index is 11.3. The van der Waals surface area contributed by atoms with Crippen LogP contribution in [0.3, 0.4) is 0 Å². The number of anilines is 1. The normalized spacial score (nSPS) is 9.67. The van der Waals surface area contributed by atoms with Crippen LogP contribution in [0.5, 0.6) is 0 Å². The van der Waals surface area contributed by atoms with Crippen molar-refractivity contribution in [1.29, 1.82) is 0 Å². The molecule has 18 heavy (non-hydrogen) atoms. The SMILES string of the molecule is C=CCOC(=O)Nc1cc(Cl)cc(Cl)c1C(=O)O. The molecule has 96 valence electrons. The zero-order valence-electron chi connectivity index (χ0n) is 9.07. The predicted octanol–water partition coefficient (Wildman–Crippen LogP) is 3.43. The molecule has 0 radical (unpaired) electrons. The highest BCUT2D eigenvalue weighted by Gasteiger charge is 2.18. The van der Waals surface area contributed by atoms with Crippen LogP contribution in [-0.4, -0.2) is 23.8 Å². The summed E-state index contributed by atoms with van der Waals surface area (Å²) in [4.78, 5) is 22.3. The van der Waals surface area contributed by atoms with Gasteiger partial charge < -0.3 is 9.84 Å². The Morgan fingerprint density at radius 1 is 1.44 bits per heavy atom. The molecule has 1 aromatic rings. The Labute approximate surface area is 113 Å². The molecule has 0 bridgehead atoms. The zero-order chi connectivity index (χ0) is 13.7. The molecule has 0 saturated heterocycles. The second-order valence-corrected chi connectivity index (χ2v) is 3.97. The van der Waals surface area contributed by atoms with E-state index in [1.54, 1.807) is 0 Å². The number of halogens is 2. The van der Waals surface area contributed by atoms with Crippen LogP contribution >= 0.6 is 23.2 Å². The monoisotopic (exact) mass is 289 g/mol. The van der Waals surface area contributed by atoms with Crippen molar-refractivity contribution in [1.82, 2.24) is 0 Å². The topological polar surface area (TPSA) is 75.6 Å². The number of carbonyl (C=O) groups excluding carboxylic acids is 1. The van der Waals surface area contributed by atoms with Gasteiger partial charge >= 0.3 is 12.1 Å². The Bertz CT molecular complexity index is 502. The number of rotatable bonds is 4. The summed E-state index contributed by atoms with van der Waals surface area (Å²) in [7, 11) is 0. The number of ether oxygens (including phenoxy) is 1. The number of nitrogens with one attached hydrogen (secondary N) is 1. The number of carboxylic acid groups (broad SMARTS) is 1. The number of amides is 1. The maximum atomic E-state index is 11.3. The van der Waals surface area contributed by atoms with Crippen molar-refractivity contribution in [3.8, 4) is 0 Å². The molecular formula is C11H9Cl2NO4. The lowest BCUT2D eigenvalue weighted by Crippen LogP contribution is -2.16. The van der Waals surface area contributed by atoms with E-state index < -0.39 is 12.1 Å². The molecule has 0 spiro atoms. The van der Waals surface area contributed by atoms with E-state index in [0.717, 1.165) is 0 Å². The molecule has 0 atom stereocenters. The van der Waals surface area contributed by atoms with E-state index in [1.165, 1.54) is 18.2 Å². The van der Waals surface area contributed by atoms with Crippen molar-refractivity contribution in [3.63, 3.8) is 0 Å². The second kappa shape index (κ2) is 6.28. The largest absolute Gasteiger partial charge is 0.478 e. The number of benzene rings is 1. The number of carbonyl (C=O) groups is 2. The summed E-state index contributed by atoms with van der Waals surface area (Å²) in [6.07, 6.45) is 0.554. The molecule has 0 aliphatic rings. The Hall–Kier alpha value is -1.72. The lowest BCUT2D eigenvalue weighted by atomic mass is 10.2. The Morgan fingerprint density at radius 3 is 2.67 bits per heavy atom. The van der Waals surface area contributed by atoms with E-state index in [-0.39, 0.29) is 27.9 Å². The van der Waals surface area contributed by atoms with Gasteiger partial charge in [-0.1, -0.05) is 35.9 Å². The highest BCUT2D eigenvalue weighted by molar-refractivity contribution is 6.37. The van der Waals surface area contributed by atoms with Crippen LogP contribution in [0.2, 0.25) is 10.0 Å². The number of carboxylic acids is 1. The minimum atomic E-state index is -1.28. The van der Waals surface area contributed by atoms with Crippen molar-refractivity contribution in [2.24, 2.45) is 0 Å². The summed E-state index contributed by atoms with van der Waals surface area (Å²) in [6, 6.07) is 2.54. The van der Waals surface area contributed by atoms with Crippen LogP contribution in [-0.2, 0) is 4.74 Å². The van der Waals surface area contributed by atoms with Crippen LogP contribution in [0, 0.1) is 0 Å². The van der Waals surface area contributed by atoms with E-state index in [1.807, 2.05) is 0 Å². The summed E-state index contributed by atoms with van der Waals surface area (Å²) in [6.45, 7) is 3.37. The van der Waals surface area contributed by atoms with Gasteiger partial charge in [0.05, 0.1) is 10.7 Å². The van der Waals surface area contributed by atoms with Gasteiger partial charge in [-0.05, 0) is 12.1 Å². The lowest BCUT2D eigenvalue weighted by molar-refractivity contribution is 0.0698. The average Bonchev–Trinajstić information content (AvgIpc) is 2.24. The van der Waals surface area contributed by atoms with Gasteiger partial charge in [-0.2, -0.15) is 0 Å². The number of hydrogen-bond acceptors (Lipinski definition) is 3. The summed E-state index contributed by atoms with van der Waals surface area (Å²) >= 11 is 11.5. The van der Waals surface area contributed by atoms with Crippen molar-refractivity contribution in [3.05, 3.63) is 40.4 Å². The molecule has 1 rings (SSSR count). The number of aromatic carboxylic acids is 1. The van der Waals surface area contributed by atoms with Crippen molar-refractivity contribution in [2.75, 3.05) is 11.9 Å². The summed E-state index contributed by atoms with van der Waals surface area (Å²) in [5, 5.41) is 11.4. The van der Waals surface area contributed by atoms with Gasteiger partial charge in [0, 0.05) is 5.02 Å². The quantitative estimate of drug-likeness (QED) is 0.833. The fourth-order valence-electron chi connectivity index (χ4n) is 1.17. The van der Waals surface area contributed by atoms with Gasteiger partial charge in [-0.25, -0.2) is 9.59 Å². The molecule has 2 N–H and O–H groups in total. The average molecular weight is 290 g/mol. The van der Waals surface area contributed by atoms with Gasteiger partial charge in [0.1, 0.15) is 12.2 Å². The van der Waals surface area contributed by atoms with Gasteiger partial charge in [-0.3, -0.25) is 5.32 Å². The van der Waals surface area contributed by atoms with Crippen molar-refractivity contribution >= 4 is 41.0 Å². The zero-order valence-corrected chi connectivity index (χ0v) is 10.6. The molecular weight excluding hydrogens is 281 g/mol. The molecule has 1 amide bonds. The van der Waals surface area contributed by atoms with Crippen LogP contribution < -0.4 is 5.32 Å². The Morgan fingerprint density at radius 2 is 2.11 bits per heavy atom. The first kappa shape index (κ1) is 14.3. The first-order chi connectivity index (χ1) is 8.45. The molecule has 0 aliphatic carbocycles. The van der Waals surface area contributed by atoms with Crippen molar-refractivity contribution in [2.45, 2.75) is 0 Å². The van der Waals surface area contributed by atoms with E-state index in [9.17, 15) is 9.59 Å². The van der Waals surface area contributed by atoms with Gasteiger partial charge in [0.2, 0.25) is 0 Å². The number of hydrogen-bond donors (Lipinski definition) is 2. The smallest absolute Gasteiger partial charge is 0.411 e. The minimum absolute atomic E-state index is 0.00252. The lowest BCUT2D eigenvalue weighted by Gasteiger charge is -2.10. The maximum Gasteiger partial charge on any atom is 0.411 e. The third-order valence-electron chi connectivity index (χ3n) is 1.84. The third-order valence-corrected chi connectivity index (χ3v) is 2.35.